The quantitative estimate of drug-likeness (QED) is 0.864. The van der Waals surface area contributed by atoms with Crippen LogP contribution in [-0.4, -0.2) is 19.3 Å². The van der Waals surface area contributed by atoms with Gasteiger partial charge in [-0.05, 0) is 42.2 Å². The molecule has 0 unspecified atom stereocenters. The van der Waals surface area contributed by atoms with Crippen molar-refractivity contribution >= 4 is 22.7 Å². The number of methoxy groups -OCH3 is 1. The zero-order valence-corrected chi connectivity index (χ0v) is 12.8. The van der Waals surface area contributed by atoms with Crippen LogP contribution in [0.1, 0.15) is 24.1 Å². The highest BCUT2D eigenvalue weighted by Crippen LogP contribution is 2.34. The Labute approximate surface area is 122 Å². The van der Waals surface area contributed by atoms with E-state index in [-0.39, 0.29) is 5.60 Å². The lowest BCUT2D eigenvalue weighted by atomic mass is 9.80. The summed E-state index contributed by atoms with van der Waals surface area (Å²) >= 11 is 3.64. The van der Waals surface area contributed by atoms with Gasteiger partial charge in [-0.3, -0.25) is 0 Å². The summed E-state index contributed by atoms with van der Waals surface area (Å²) in [6.07, 6.45) is 3.69. The molecule has 0 saturated heterocycles. The van der Waals surface area contributed by atoms with E-state index in [1.165, 1.54) is 34.6 Å². The topological polar surface area (TPSA) is 21.3 Å². The molecule has 1 N–H and O–H groups in total. The van der Waals surface area contributed by atoms with E-state index in [1.807, 2.05) is 18.4 Å². The maximum Gasteiger partial charge on any atom is 0.0802 e. The first-order valence-corrected chi connectivity index (χ1v) is 8.44. The Hall–Kier alpha value is -0.680. The summed E-state index contributed by atoms with van der Waals surface area (Å²) in [6.45, 7) is 1.91. The number of nitrogens with one attached hydrogen (secondary N) is 1. The van der Waals surface area contributed by atoms with Crippen molar-refractivity contribution in [2.75, 3.05) is 13.7 Å². The average Bonchev–Trinajstić information content (AvgIpc) is 3.02. The van der Waals surface area contributed by atoms with Gasteiger partial charge in [-0.15, -0.1) is 22.7 Å². The first kappa shape index (κ1) is 13.3. The van der Waals surface area contributed by atoms with E-state index in [4.69, 9.17) is 4.74 Å². The lowest BCUT2D eigenvalue weighted by Gasteiger charge is -2.40. The summed E-state index contributed by atoms with van der Waals surface area (Å²) in [5.41, 5.74) is 1.47. The number of thiophene rings is 2. The van der Waals surface area contributed by atoms with Crippen LogP contribution in [0.2, 0.25) is 0 Å². The van der Waals surface area contributed by atoms with Gasteiger partial charge in [0.25, 0.3) is 0 Å². The third-order valence-corrected chi connectivity index (χ3v) is 5.76. The zero-order valence-electron chi connectivity index (χ0n) is 11.1. The van der Waals surface area contributed by atoms with Gasteiger partial charge in [-0.25, -0.2) is 0 Å². The summed E-state index contributed by atoms with van der Waals surface area (Å²) in [5, 5.41) is 7.92. The largest absolute Gasteiger partial charge is 0.377 e. The normalized spacial score (nSPS) is 17.3. The summed E-state index contributed by atoms with van der Waals surface area (Å²) in [7, 11) is 1.83. The lowest BCUT2D eigenvalue weighted by Crippen LogP contribution is -2.47. The van der Waals surface area contributed by atoms with Crippen LogP contribution < -0.4 is 5.32 Å². The fourth-order valence-corrected chi connectivity index (χ4v) is 4.13. The summed E-state index contributed by atoms with van der Waals surface area (Å²) in [5.74, 6) is 0. The molecule has 0 aliphatic heterocycles. The van der Waals surface area contributed by atoms with E-state index in [9.17, 15) is 0 Å². The van der Waals surface area contributed by atoms with Gasteiger partial charge in [0.05, 0.1) is 5.60 Å². The lowest BCUT2D eigenvalue weighted by molar-refractivity contribution is -0.0695. The maximum absolute atomic E-state index is 5.62. The van der Waals surface area contributed by atoms with Crippen LogP contribution in [-0.2, 0) is 11.3 Å². The third-order valence-electron chi connectivity index (χ3n) is 3.90. The van der Waals surface area contributed by atoms with Crippen molar-refractivity contribution in [3.63, 3.8) is 0 Å². The van der Waals surface area contributed by atoms with Crippen molar-refractivity contribution in [1.82, 2.24) is 5.32 Å². The molecule has 0 atom stereocenters. The number of hydrogen-bond donors (Lipinski definition) is 1. The van der Waals surface area contributed by atoms with Gasteiger partial charge < -0.3 is 10.1 Å². The predicted molar refractivity (Wildman–Crippen MR) is 82.9 cm³/mol. The Morgan fingerprint density at radius 2 is 2.26 bits per heavy atom. The average molecular weight is 293 g/mol. The van der Waals surface area contributed by atoms with Gasteiger partial charge in [0.2, 0.25) is 0 Å². The molecule has 1 fully saturated rings. The van der Waals surface area contributed by atoms with Crippen LogP contribution in [0.25, 0.3) is 10.4 Å². The minimum Gasteiger partial charge on any atom is -0.377 e. The number of rotatable bonds is 6. The molecule has 0 spiro atoms. The first-order valence-electron chi connectivity index (χ1n) is 6.68. The molecule has 0 radical (unpaired) electrons. The second-order valence-corrected chi connectivity index (χ2v) is 7.07. The SMILES string of the molecule is COC1(CNCc2cc(-c3cccs3)cs2)CCC1. The monoisotopic (exact) mass is 293 g/mol. The van der Waals surface area contributed by atoms with E-state index in [2.05, 4.69) is 34.3 Å². The molecule has 2 nitrogen and oxygen atoms in total. The minimum atomic E-state index is 0.119. The van der Waals surface area contributed by atoms with E-state index in [1.54, 1.807) is 11.3 Å². The fraction of sp³-hybridized carbons (Fsp3) is 0.467. The van der Waals surface area contributed by atoms with Crippen molar-refractivity contribution in [1.29, 1.82) is 0 Å². The summed E-state index contributed by atoms with van der Waals surface area (Å²) < 4.78 is 5.62. The second-order valence-electron chi connectivity index (χ2n) is 5.12. The van der Waals surface area contributed by atoms with Gasteiger partial charge in [-0.2, -0.15) is 0 Å². The van der Waals surface area contributed by atoms with Crippen LogP contribution in [0.3, 0.4) is 0 Å². The summed E-state index contributed by atoms with van der Waals surface area (Å²) in [6, 6.07) is 6.58. The fourth-order valence-electron chi connectivity index (χ4n) is 2.48. The minimum absolute atomic E-state index is 0.119. The zero-order chi connectivity index (χ0) is 13.1. The van der Waals surface area contributed by atoms with E-state index >= 15 is 0 Å². The molecule has 2 aromatic rings. The molecule has 0 amide bonds. The van der Waals surface area contributed by atoms with E-state index in [0.717, 1.165) is 13.1 Å². The first-order chi connectivity index (χ1) is 9.31. The highest BCUT2D eigenvalue weighted by atomic mass is 32.1. The maximum atomic E-state index is 5.62. The molecule has 2 heterocycles. The van der Waals surface area contributed by atoms with Gasteiger partial charge >= 0.3 is 0 Å². The molecule has 3 rings (SSSR count). The number of ether oxygens (including phenoxy) is 1. The molecular weight excluding hydrogens is 274 g/mol. The van der Waals surface area contributed by atoms with Crippen LogP contribution in [0.15, 0.2) is 29.0 Å². The van der Waals surface area contributed by atoms with Crippen LogP contribution in [0.5, 0.6) is 0 Å². The smallest absolute Gasteiger partial charge is 0.0802 e. The molecule has 0 bridgehead atoms. The Balaban J connectivity index is 1.53. The van der Waals surface area contributed by atoms with E-state index < -0.39 is 0 Å². The Morgan fingerprint density at radius 3 is 2.89 bits per heavy atom. The highest BCUT2D eigenvalue weighted by molar-refractivity contribution is 7.14. The Kier molecular flexibility index (Phi) is 4.03. The molecular formula is C15H19NOS2. The summed E-state index contributed by atoms with van der Waals surface area (Å²) in [4.78, 5) is 2.75. The second kappa shape index (κ2) is 5.75. The standard InChI is InChI=1S/C15H19NOS2/c1-17-15(5-3-6-15)11-16-9-13-8-12(10-19-13)14-4-2-7-18-14/h2,4,7-8,10,16H,3,5-6,9,11H2,1H3. The molecule has 1 aliphatic rings. The van der Waals surface area contributed by atoms with Gasteiger partial charge in [0.1, 0.15) is 0 Å². The van der Waals surface area contributed by atoms with E-state index in [0.29, 0.717) is 0 Å². The molecule has 1 aliphatic carbocycles. The molecule has 0 aromatic carbocycles. The van der Waals surface area contributed by atoms with Gasteiger partial charge in [0.15, 0.2) is 0 Å². The molecule has 102 valence electrons. The predicted octanol–water partition coefficient (Wildman–Crippen LogP) is 4.14. The van der Waals surface area contributed by atoms with Crippen molar-refractivity contribution in [3.05, 3.63) is 33.8 Å². The molecule has 19 heavy (non-hydrogen) atoms. The van der Waals surface area contributed by atoms with Crippen molar-refractivity contribution in [3.8, 4) is 10.4 Å². The van der Waals surface area contributed by atoms with Crippen molar-refractivity contribution < 1.29 is 4.74 Å². The van der Waals surface area contributed by atoms with Crippen molar-refractivity contribution in [2.24, 2.45) is 0 Å². The van der Waals surface area contributed by atoms with Gasteiger partial charge in [-0.1, -0.05) is 6.07 Å². The molecule has 4 heteroatoms. The Morgan fingerprint density at radius 1 is 1.37 bits per heavy atom. The molecule has 2 aromatic heterocycles. The highest BCUT2D eigenvalue weighted by Gasteiger charge is 2.36. The Bertz CT molecular complexity index is 508. The van der Waals surface area contributed by atoms with Crippen LogP contribution >= 0.6 is 22.7 Å². The van der Waals surface area contributed by atoms with Crippen LogP contribution in [0.4, 0.5) is 0 Å². The van der Waals surface area contributed by atoms with Crippen molar-refractivity contribution in [2.45, 2.75) is 31.4 Å². The third kappa shape index (κ3) is 2.92. The van der Waals surface area contributed by atoms with Crippen LogP contribution in [0, 0.1) is 0 Å². The van der Waals surface area contributed by atoms with Gasteiger partial charge in [0, 0.05) is 35.5 Å². The molecule has 1 saturated carbocycles. The number of hydrogen-bond acceptors (Lipinski definition) is 4.